The normalized spacial score (nSPS) is 10.0. The van der Waals surface area contributed by atoms with Crippen molar-refractivity contribution in [1.82, 2.24) is 0 Å². The molecule has 0 amide bonds. The first-order chi connectivity index (χ1) is 11.8. The van der Waals surface area contributed by atoms with E-state index in [4.69, 9.17) is 0 Å². The summed E-state index contributed by atoms with van der Waals surface area (Å²) in [5, 5.41) is 0. The van der Waals surface area contributed by atoms with E-state index < -0.39 is 0 Å². The zero-order chi connectivity index (χ0) is 16.8. The Bertz CT molecular complexity index is 810. The summed E-state index contributed by atoms with van der Waals surface area (Å²) in [5.41, 5.74) is 1.99. The first kappa shape index (κ1) is 15.6. The highest BCUT2D eigenvalue weighted by Gasteiger charge is 2.21. The summed E-state index contributed by atoms with van der Waals surface area (Å²) in [5.74, 6) is -0.540. The summed E-state index contributed by atoms with van der Waals surface area (Å²) >= 11 is 0. The van der Waals surface area contributed by atoms with E-state index in [1.165, 1.54) is 0 Å². The van der Waals surface area contributed by atoms with E-state index in [9.17, 15) is 9.59 Å². The zero-order valence-electron chi connectivity index (χ0n) is 13.1. The Balaban J connectivity index is 2.06. The quantitative estimate of drug-likeness (QED) is 0.292. The highest BCUT2D eigenvalue weighted by atomic mass is 16.1. The number of hydrogen-bond acceptors (Lipinski definition) is 2. The standard InChI is InChI=1S/C22H16O2/c23-21(18-12-6-2-7-13-18)20(16-17-10-4-1-5-11-17)22(24)19-14-8-3-9-15-19/h1-16H. The highest BCUT2D eigenvalue weighted by Crippen LogP contribution is 2.18. The summed E-state index contributed by atoms with van der Waals surface area (Å²) in [6, 6.07) is 27.1. The van der Waals surface area contributed by atoms with E-state index in [2.05, 4.69) is 0 Å². The van der Waals surface area contributed by atoms with Crippen molar-refractivity contribution in [1.29, 1.82) is 0 Å². The van der Waals surface area contributed by atoms with Crippen LogP contribution in [0, 0.1) is 0 Å². The SMILES string of the molecule is O=C(C(=Cc1ccccc1)C(=O)c1ccccc1)c1ccccc1. The molecule has 2 heteroatoms. The van der Waals surface area contributed by atoms with Crippen molar-refractivity contribution < 1.29 is 9.59 Å². The van der Waals surface area contributed by atoms with Gasteiger partial charge in [0.25, 0.3) is 0 Å². The van der Waals surface area contributed by atoms with Gasteiger partial charge in [-0.05, 0) is 11.6 Å². The smallest absolute Gasteiger partial charge is 0.196 e. The lowest BCUT2D eigenvalue weighted by atomic mass is 9.94. The second-order valence-electron chi connectivity index (χ2n) is 5.36. The molecular weight excluding hydrogens is 296 g/mol. The van der Waals surface area contributed by atoms with Crippen LogP contribution in [0.1, 0.15) is 26.3 Å². The van der Waals surface area contributed by atoms with Crippen LogP contribution in [0.2, 0.25) is 0 Å². The van der Waals surface area contributed by atoms with Gasteiger partial charge in [0.05, 0.1) is 5.57 Å². The maximum Gasteiger partial charge on any atom is 0.196 e. The van der Waals surface area contributed by atoms with Gasteiger partial charge < -0.3 is 0 Å². The first-order valence-electron chi connectivity index (χ1n) is 7.72. The molecule has 0 radical (unpaired) electrons. The summed E-state index contributed by atoms with van der Waals surface area (Å²) in [6.45, 7) is 0. The first-order valence-corrected chi connectivity index (χ1v) is 7.72. The molecule has 0 atom stereocenters. The topological polar surface area (TPSA) is 34.1 Å². The lowest BCUT2D eigenvalue weighted by Crippen LogP contribution is -2.13. The number of Topliss-reactive ketones (excluding diaryl/α,β-unsaturated/α-hetero) is 2. The largest absolute Gasteiger partial charge is 0.288 e. The Kier molecular flexibility index (Phi) is 4.78. The van der Waals surface area contributed by atoms with Gasteiger partial charge in [0.1, 0.15) is 0 Å². The molecule has 0 bridgehead atoms. The van der Waals surface area contributed by atoms with Crippen molar-refractivity contribution in [2.45, 2.75) is 0 Å². The summed E-state index contributed by atoms with van der Waals surface area (Å²) in [7, 11) is 0. The fourth-order valence-electron chi connectivity index (χ4n) is 2.44. The lowest BCUT2D eigenvalue weighted by molar-refractivity contribution is 0.0964. The number of benzene rings is 3. The monoisotopic (exact) mass is 312 g/mol. The number of rotatable bonds is 5. The second kappa shape index (κ2) is 7.34. The molecule has 0 unspecified atom stereocenters. The second-order valence-corrected chi connectivity index (χ2v) is 5.36. The summed E-state index contributed by atoms with van der Waals surface area (Å²) in [6.07, 6.45) is 1.66. The van der Waals surface area contributed by atoms with Gasteiger partial charge in [-0.3, -0.25) is 9.59 Å². The number of ketones is 2. The van der Waals surface area contributed by atoms with Crippen LogP contribution in [-0.4, -0.2) is 11.6 Å². The maximum atomic E-state index is 12.9. The molecule has 0 heterocycles. The highest BCUT2D eigenvalue weighted by molar-refractivity contribution is 6.33. The maximum absolute atomic E-state index is 12.9. The lowest BCUT2D eigenvalue weighted by Gasteiger charge is -2.07. The van der Waals surface area contributed by atoms with Crippen molar-refractivity contribution in [2.24, 2.45) is 0 Å². The van der Waals surface area contributed by atoms with Gasteiger partial charge in [0.2, 0.25) is 0 Å². The molecule has 3 aromatic rings. The number of carbonyl (C=O) groups is 2. The molecule has 116 valence electrons. The summed E-state index contributed by atoms with van der Waals surface area (Å²) in [4.78, 5) is 25.7. The van der Waals surface area contributed by atoms with Gasteiger partial charge in [-0.1, -0.05) is 91.0 Å². The predicted molar refractivity (Wildman–Crippen MR) is 96.0 cm³/mol. The average Bonchev–Trinajstić information content (AvgIpc) is 2.67. The fourth-order valence-corrected chi connectivity index (χ4v) is 2.44. The van der Waals surface area contributed by atoms with Crippen molar-refractivity contribution in [3.8, 4) is 0 Å². The van der Waals surface area contributed by atoms with E-state index >= 15 is 0 Å². The average molecular weight is 312 g/mol. The minimum absolute atomic E-state index is 0.165. The van der Waals surface area contributed by atoms with E-state index in [-0.39, 0.29) is 17.1 Å². The van der Waals surface area contributed by atoms with E-state index in [0.29, 0.717) is 11.1 Å². The molecule has 0 aromatic heterocycles. The van der Waals surface area contributed by atoms with Crippen molar-refractivity contribution in [3.05, 3.63) is 113 Å². The van der Waals surface area contributed by atoms with Crippen molar-refractivity contribution in [3.63, 3.8) is 0 Å². The molecule has 0 spiro atoms. The van der Waals surface area contributed by atoms with Crippen LogP contribution in [0.3, 0.4) is 0 Å². The van der Waals surface area contributed by atoms with Crippen LogP contribution in [0.4, 0.5) is 0 Å². The molecule has 2 nitrogen and oxygen atoms in total. The molecule has 0 aliphatic carbocycles. The van der Waals surface area contributed by atoms with Crippen molar-refractivity contribution in [2.75, 3.05) is 0 Å². The van der Waals surface area contributed by atoms with Gasteiger partial charge in [-0.15, -0.1) is 0 Å². The van der Waals surface area contributed by atoms with Gasteiger partial charge in [0.15, 0.2) is 11.6 Å². The van der Waals surface area contributed by atoms with Crippen LogP contribution in [0.25, 0.3) is 6.08 Å². The number of allylic oxidation sites excluding steroid dienone is 1. The molecular formula is C22H16O2. The number of carbonyl (C=O) groups excluding carboxylic acids is 2. The fraction of sp³-hybridized carbons (Fsp3) is 0. The van der Waals surface area contributed by atoms with Crippen LogP contribution in [0.5, 0.6) is 0 Å². The third kappa shape index (κ3) is 3.55. The molecule has 0 aliphatic heterocycles. The molecule has 3 aromatic carbocycles. The third-order valence-corrected chi connectivity index (χ3v) is 3.67. The van der Waals surface area contributed by atoms with E-state index in [0.717, 1.165) is 5.56 Å². The van der Waals surface area contributed by atoms with E-state index in [1.54, 1.807) is 54.6 Å². The Hall–Kier alpha value is -3.26. The minimum atomic E-state index is -0.270. The molecule has 0 fully saturated rings. The Morgan fingerprint density at radius 2 is 0.917 bits per heavy atom. The van der Waals surface area contributed by atoms with Gasteiger partial charge in [-0.2, -0.15) is 0 Å². The van der Waals surface area contributed by atoms with E-state index in [1.807, 2.05) is 42.5 Å². The van der Waals surface area contributed by atoms with Gasteiger partial charge in [0, 0.05) is 11.1 Å². The van der Waals surface area contributed by atoms with Crippen molar-refractivity contribution >= 4 is 17.6 Å². The molecule has 0 saturated heterocycles. The molecule has 0 aliphatic rings. The molecule has 3 rings (SSSR count). The van der Waals surface area contributed by atoms with Gasteiger partial charge >= 0.3 is 0 Å². The van der Waals surface area contributed by atoms with Gasteiger partial charge in [-0.25, -0.2) is 0 Å². The Morgan fingerprint density at radius 3 is 1.33 bits per heavy atom. The summed E-state index contributed by atoms with van der Waals surface area (Å²) < 4.78 is 0. The van der Waals surface area contributed by atoms with Crippen LogP contribution < -0.4 is 0 Å². The minimum Gasteiger partial charge on any atom is -0.288 e. The molecule has 0 saturated carbocycles. The molecule has 0 N–H and O–H groups in total. The van der Waals surface area contributed by atoms with Crippen LogP contribution in [-0.2, 0) is 0 Å². The number of hydrogen-bond donors (Lipinski definition) is 0. The van der Waals surface area contributed by atoms with Crippen LogP contribution >= 0.6 is 0 Å². The third-order valence-electron chi connectivity index (χ3n) is 3.67. The predicted octanol–water partition coefficient (Wildman–Crippen LogP) is 4.84. The Morgan fingerprint density at radius 1 is 0.542 bits per heavy atom. The zero-order valence-corrected chi connectivity index (χ0v) is 13.1. The molecule has 24 heavy (non-hydrogen) atoms. The Labute approximate surface area is 141 Å². The van der Waals surface area contributed by atoms with Crippen LogP contribution in [0.15, 0.2) is 96.6 Å².